The van der Waals surface area contributed by atoms with Crippen LogP contribution < -0.4 is 4.90 Å². The van der Waals surface area contributed by atoms with E-state index >= 15 is 0 Å². The normalized spacial score (nSPS) is 16.1. The highest BCUT2D eigenvalue weighted by Crippen LogP contribution is 2.24. The molecule has 0 aliphatic carbocycles. The highest BCUT2D eigenvalue weighted by molar-refractivity contribution is 5.94. The molecule has 0 radical (unpaired) electrons. The molecule has 0 atom stereocenters. The maximum Gasteiger partial charge on any atom is 0.328 e. The SMILES string of the molecule is Cc1cc(N2CCCCC2=O)ccc1/C=C/C(=O)O. The van der Waals surface area contributed by atoms with Gasteiger partial charge in [0.05, 0.1) is 0 Å². The zero-order valence-corrected chi connectivity index (χ0v) is 10.9. The number of aliphatic carboxylic acids is 1. The van der Waals surface area contributed by atoms with Crippen molar-refractivity contribution in [2.24, 2.45) is 0 Å². The summed E-state index contributed by atoms with van der Waals surface area (Å²) >= 11 is 0. The molecule has 1 heterocycles. The van der Waals surface area contributed by atoms with Crippen LogP contribution in [0.1, 0.15) is 30.4 Å². The number of aryl methyl sites for hydroxylation is 1. The van der Waals surface area contributed by atoms with Crippen molar-refractivity contribution in [3.05, 3.63) is 35.4 Å². The Bertz CT molecular complexity index is 534. The zero-order chi connectivity index (χ0) is 13.8. The summed E-state index contributed by atoms with van der Waals surface area (Å²) in [5.41, 5.74) is 2.72. The van der Waals surface area contributed by atoms with E-state index in [9.17, 15) is 9.59 Å². The van der Waals surface area contributed by atoms with E-state index in [-0.39, 0.29) is 5.91 Å². The monoisotopic (exact) mass is 259 g/mol. The third-order valence-electron chi connectivity index (χ3n) is 3.29. The Morgan fingerprint density at radius 3 is 2.79 bits per heavy atom. The van der Waals surface area contributed by atoms with E-state index in [0.717, 1.165) is 42.3 Å². The fourth-order valence-corrected chi connectivity index (χ4v) is 2.25. The summed E-state index contributed by atoms with van der Waals surface area (Å²) in [6.45, 7) is 2.68. The molecule has 0 spiro atoms. The molecule has 1 aromatic rings. The van der Waals surface area contributed by atoms with Crippen molar-refractivity contribution < 1.29 is 14.7 Å². The van der Waals surface area contributed by atoms with Crippen molar-refractivity contribution >= 4 is 23.6 Å². The molecule has 4 nitrogen and oxygen atoms in total. The van der Waals surface area contributed by atoms with Gasteiger partial charge in [0, 0.05) is 24.7 Å². The predicted octanol–water partition coefficient (Wildman–Crippen LogP) is 2.61. The lowest BCUT2D eigenvalue weighted by Gasteiger charge is -2.27. The summed E-state index contributed by atoms with van der Waals surface area (Å²) in [7, 11) is 0. The number of amides is 1. The van der Waals surface area contributed by atoms with Crippen molar-refractivity contribution in [3.63, 3.8) is 0 Å². The molecule has 1 fully saturated rings. The summed E-state index contributed by atoms with van der Waals surface area (Å²) in [6, 6.07) is 5.66. The number of benzene rings is 1. The van der Waals surface area contributed by atoms with Gasteiger partial charge in [-0.2, -0.15) is 0 Å². The Morgan fingerprint density at radius 1 is 1.37 bits per heavy atom. The van der Waals surface area contributed by atoms with Crippen molar-refractivity contribution in [1.82, 2.24) is 0 Å². The minimum absolute atomic E-state index is 0.166. The van der Waals surface area contributed by atoms with Gasteiger partial charge in [0.1, 0.15) is 0 Å². The fraction of sp³-hybridized carbons (Fsp3) is 0.333. The van der Waals surface area contributed by atoms with Gasteiger partial charge >= 0.3 is 5.97 Å². The van der Waals surface area contributed by atoms with Gasteiger partial charge in [-0.15, -0.1) is 0 Å². The number of hydrogen-bond donors (Lipinski definition) is 1. The molecule has 1 aliphatic heterocycles. The molecule has 1 saturated heterocycles. The Hall–Kier alpha value is -2.10. The molecule has 100 valence electrons. The van der Waals surface area contributed by atoms with Crippen LogP contribution in [0.25, 0.3) is 6.08 Å². The molecule has 0 bridgehead atoms. The van der Waals surface area contributed by atoms with Crippen molar-refractivity contribution in [2.45, 2.75) is 26.2 Å². The fourth-order valence-electron chi connectivity index (χ4n) is 2.25. The molecule has 0 unspecified atom stereocenters. The first kappa shape index (κ1) is 13.3. The quantitative estimate of drug-likeness (QED) is 0.849. The molecule has 0 aromatic heterocycles. The molecule has 1 aromatic carbocycles. The Morgan fingerprint density at radius 2 is 2.16 bits per heavy atom. The van der Waals surface area contributed by atoms with E-state index in [1.165, 1.54) is 0 Å². The molecule has 2 rings (SSSR count). The minimum atomic E-state index is -0.963. The number of carboxylic acids is 1. The summed E-state index contributed by atoms with van der Waals surface area (Å²) in [6.07, 6.45) is 5.30. The Labute approximate surface area is 112 Å². The topological polar surface area (TPSA) is 57.6 Å². The van der Waals surface area contributed by atoms with Crippen molar-refractivity contribution in [2.75, 3.05) is 11.4 Å². The molecule has 1 amide bonds. The second-order valence-corrected chi connectivity index (χ2v) is 4.71. The van der Waals surface area contributed by atoms with Gasteiger partial charge < -0.3 is 10.0 Å². The van der Waals surface area contributed by atoms with E-state index in [2.05, 4.69) is 0 Å². The summed E-state index contributed by atoms with van der Waals surface area (Å²) in [4.78, 5) is 24.1. The summed E-state index contributed by atoms with van der Waals surface area (Å²) < 4.78 is 0. The van der Waals surface area contributed by atoms with Crippen LogP contribution in [0.2, 0.25) is 0 Å². The van der Waals surface area contributed by atoms with E-state index < -0.39 is 5.97 Å². The average Bonchev–Trinajstić information content (AvgIpc) is 2.37. The smallest absolute Gasteiger partial charge is 0.328 e. The van der Waals surface area contributed by atoms with E-state index in [4.69, 9.17) is 5.11 Å². The van der Waals surface area contributed by atoms with Crippen LogP contribution in [0.15, 0.2) is 24.3 Å². The number of hydrogen-bond acceptors (Lipinski definition) is 2. The zero-order valence-electron chi connectivity index (χ0n) is 10.9. The summed E-state index contributed by atoms with van der Waals surface area (Å²) in [5.74, 6) is -0.797. The lowest BCUT2D eigenvalue weighted by Crippen LogP contribution is -2.35. The number of rotatable bonds is 3. The molecular formula is C15H17NO3. The van der Waals surface area contributed by atoms with Crippen LogP contribution in [0.4, 0.5) is 5.69 Å². The molecular weight excluding hydrogens is 242 g/mol. The lowest BCUT2D eigenvalue weighted by atomic mass is 10.0. The number of anilines is 1. The number of piperidine rings is 1. The van der Waals surface area contributed by atoms with E-state index in [0.29, 0.717) is 6.42 Å². The van der Waals surface area contributed by atoms with Gasteiger partial charge in [-0.05, 0) is 49.1 Å². The standard InChI is InChI=1S/C15H17NO3/c1-11-10-13(16-9-3-2-4-14(16)17)7-5-12(11)6-8-15(18)19/h5-8,10H,2-4,9H2,1H3,(H,18,19)/b8-6+. The Kier molecular flexibility index (Phi) is 4.00. The van der Waals surface area contributed by atoms with Crippen LogP contribution in [0.3, 0.4) is 0 Å². The number of carbonyl (C=O) groups is 2. The second kappa shape index (κ2) is 5.69. The van der Waals surface area contributed by atoms with Crippen LogP contribution in [-0.2, 0) is 9.59 Å². The van der Waals surface area contributed by atoms with Gasteiger partial charge in [0.2, 0.25) is 5.91 Å². The first-order valence-corrected chi connectivity index (χ1v) is 6.40. The number of nitrogens with zero attached hydrogens (tertiary/aromatic N) is 1. The molecule has 19 heavy (non-hydrogen) atoms. The van der Waals surface area contributed by atoms with Crippen LogP contribution >= 0.6 is 0 Å². The molecule has 1 N–H and O–H groups in total. The molecule has 0 saturated carbocycles. The third-order valence-corrected chi connectivity index (χ3v) is 3.29. The van der Waals surface area contributed by atoms with Gasteiger partial charge in [-0.1, -0.05) is 6.07 Å². The van der Waals surface area contributed by atoms with Crippen molar-refractivity contribution in [3.8, 4) is 0 Å². The first-order valence-electron chi connectivity index (χ1n) is 6.40. The predicted molar refractivity (Wildman–Crippen MR) is 74.1 cm³/mol. The average molecular weight is 259 g/mol. The highest BCUT2D eigenvalue weighted by Gasteiger charge is 2.19. The first-order chi connectivity index (χ1) is 9.08. The van der Waals surface area contributed by atoms with E-state index in [1.807, 2.05) is 25.1 Å². The summed E-state index contributed by atoms with van der Waals surface area (Å²) in [5, 5.41) is 8.62. The second-order valence-electron chi connectivity index (χ2n) is 4.71. The van der Waals surface area contributed by atoms with Gasteiger partial charge in [-0.25, -0.2) is 4.79 Å². The van der Waals surface area contributed by atoms with Crippen LogP contribution in [0, 0.1) is 6.92 Å². The third kappa shape index (κ3) is 3.22. The number of carbonyl (C=O) groups excluding carboxylic acids is 1. The van der Waals surface area contributed by atoms with E-state index in [1.54, 1.807) is 11.0 Å². The number of carboxylic acid groups (broad SMARTS) is 1. The largest absolute Gasteiger partial charge is 0.478 e. The van der Waals surface area contributed by atoms with Crippen molar-refractivity contribution in [1.29, 1.82) is 0 Å². The van der Waals surface area contributed by atoms with Gasteiger partial charge in [0.25, 0.3) is 0 Å². The Balaban J connectivity index is 2.23. The molecule has 1 aliphatic rings. The van der Waals surface area contributed by atoms with Crippen LogP contribution in [-0.4, -0.2) is 23.5 Å². The minimum Gasteiger partial charge on any atom is -0.478 e. The van der Waals surface area contributed by atoms with Crippen LogP contribution in [0.5, 0.6) is 0 Å². The highest BCUT2D eigenvalue weighted by atomic mass is 16.4. The maximum atomic E-state index is 11.8. The van der Waals surface area contributed by atoms with Gasteiger partial charge in [0.15, 0.2) is 0 Å². The van der Waals surface area contributed by atoms with Gasteiger partial charge in [-0.3, -0.25) is 4.79 Å². The lowest BCUT2D eigenvalue weighted by molar-refractivity contribution is -0.131. The molecule has 4 heteroatoms. The maximum absolute atomic E-state index is 11.8.